The Morgan fingerprint density at radius 2 is 2.09 bits per heavy atom. The zero-order valence-electron chi connectivity index (χ0n) is 12.0. The monoisotopic (exact) mass is 315 g/mol. The molecule has 0 atom stereocenters. The third-order valence-electron chi connectivity index (χ3n) is 3.47. The SMILES string of the molecule is Cc1cc2c(=O)[nH]c(Cc3ccc([N+](=O)[O-])cc3C)nc2s1. The smallest absolute Gasteiger partial charge is 0.269 e. The van der Waals surface area contributed by atoms with Gasteiger partial charge in [0.05, 0.1) is 10.3 Å². The number of hydrogen-bond acceptors (Lipinski definition) is 5. The maximum absolute atomic E-state index is 12.1. The van der Waals surface area contributed by atoms with Crippen molar-refractivity contribution in [1.29, 1.82) is 0 Å². The first-order chi connectivity index (χ1) is 10.4. The molecule has 1 aromatic carbocycles. The van der Waals surface area contributed by atoms with Crippen LogP contribution in [0.5, 0.6) is 0 Å². The lowest BCUT2D eigenvalue weighted by molar-refractivity contribution is -0.384. The molecule has 0 saturated heterocycles. The maximum Gasteiger partial charge on any atom is 0.269 e. The molecule has 0 spiro atoms. The molecule has 0 aliphatic rings. The van der Waals surface area contributed by atoms with Gasteiger partial charge >= 0.3 is 0 Å². The fraction of sp³-hybridized carbons (Fsp3) is 0.200. The summed E-state index contributed by atoms with van der Waals surface area (Å²) in [5.41, 5.74) is 1.62. The van der Waals surface area contributed by atoms with Crippen LogP contribution in [0.1, 0.15) is 21.8 Å². The summed E-state index contributed by atoms with van der Waals surface area (Å²) in [4.78, 5) is 31.4. The highest BCUT2D eigenvalue weighted by Crippen LogP contribution is 2.22. The Morgan fingerprint density at radius 3 is 2.77 bits per heavy atom. The van der Waals surface area contributed by atoms with Crippen molar-refractivity contribution in [2.24, 2.45) is 0 Å². The molecule has 6 nitrogen and oxygen atoms in total. The van der Waals surface area contributed by atoms with Gasteiger partial charge in [-0.25, -0.2) is 4.98 Å². The van der Waals surface area contributed by atoms with Crippen LogP contribution in [0.15, 0.2) is 29.1 Å². The normalized spacial score (nSPS) is 11.0. The van der Waals surface area contributed by atoms with E-state index in [0.29, 0.717) is 17.6 Å². The third-order valence-corrected chi connectivity index (χ3v) is 4.41. The van der Waals surface area contributed by atoms with Crippen molar-refractivity contribution in [2.75, 3.05) is 0 Å². The summed E-state index contributed by atoms with van der Waals surface area (Å²) >= 11 is 1.48. The molecule has 2 heterocycles. The van der Waals surface area contributed by atoms with E-state index in [0.717, 1.165) is 20.8 Å². The number of fused-ring (bicyclic) bond motifs is 1. The van der Waals surface area contributed by atoms with E-state index in [9.17, 15) is 14.9 Å². The number of benzene rings is 1. The van der Waals surface area contributed by atoms with Crippen molar-refractivity contribution in [3.63, 3.8) is 0 Å². The standard InChI is InChI=1S/C15H13N3O3S/c1-8-5-11(18(20)21)4-3-10(8)7-13-16-14(19)12-6-9(2)22-15(12)17-13/h3-6H,7H2,1-2H3,(H,16,17,19). The number of hydrogen-bond donors (Lipinski definition) is 1. The fourth-order valence-electron chi connectivity index (χ4n) is 2.35. The lowest BCUT2D eigenvalue weighted by atomic mass is 10.0. The lowest BCUT2D eigenvalue weighted by Crippen LogP contribution is -2.11. The predicted molar refractivity (Wildman–Crippen MR) is 85.6 cm³/mol. The van der Waals surface area contributed by atoms with Crippen LogP contribution >= 0.6 is 11.3 Å². The third kappa shape index (κ3) is 2.62. The Kier molecular flexibility index (Phi) is 3.50. The number of aryl methyl sites for hydroxylation is 2. The number of aromatic amines is 1. The molecule has 0 bridgehead atoms. The summed E-state index contributed by atoms with van der Waals surface area (Å²) in [7, 11) is 0. The highest BCUT2D eigenvalue weighted by molar-refractivity contribution is 7.18. The van der Waals surface area contributed by atoms with Crippen LogP contribution in [-0.2, 0) is 6.42 Å². The minimum atomic E-state index is -0.419. The second-order valence-electron chi connectivity index (χ2n) is 5.13. The van der Waals surface area contributed by atoms with Crippen LogP contribution in [0.25, 0.3) is 10.2 Å². The van der Waals surface area contributed by atoms with Gasteiger partial charge in [0.15, 0.2) is 0 Å². The van der Waals surface area contributed by atoms with Gasteiger partial charge in [-0.3, -0.25) is 14.9 Å². The highest BCUT2D eigenvalue weighted by atomic mass is 32.1. The van der Waals surface area contributed by atoms with Gasteiger partial charge in [-0.2, -0.15) is 0 Å². The fourth-order valence-corrected chi connectivity index (χ4v) is 3.25. The lowest BCUT2D eigenvalue weighted by Gasteiger charge is -2.05. The number of aromatic nitrogens is 2. The van der Waals surface area contributed by atoms with Gasteiger partial charge in [0, 0.05) is 23.4 Å². The number of H-pyrrole nitrogens is 1. The molecule has 22 heavy (non-hydrogen) atoms. The van der Waals surface area contributed by atoms with Crippen molar-refractivity contribution in [3.05, 3.63) is 66.6 Å². The molecular weight excluding hydrogens is 302 g/mol. The molecule has 7 heteroatoms. The van der Waals surface area contributed by atoms with Crippen LogP contribution in [0.3, 0.4) is 0 Å². The quantitative estimate of drug-likeness (QED) is 0.594. The number of non-ortho nitro benzene ring substituents is 1. The first kappa shape index (κ1) is 14.4. The molecule has 0 aliphatic carbocycles. The van der Waals surface area contributed by atoms with Gasteiger partial charge < -0.3 is 4.98 Å². The Hall–Kier alpha value is -2.54. The van der Waals surface area contributed by atoms with Gasteiger partial charge in [0.1, 0.15) is 10.7 Å². The van der Waals surface area contributed by atoms with Gasteiger partial charge in [-0.1, -0.05) is 6.07 Å². The molecule has 0 aliphatic heterocycles. The van der Waals surface area contributed by atoms with E-state index in [2.05, 4.69) is 9.97 Å². The predicted octanol–water partition coefficient (Wildman–Crippen LogP) is 3.10. The number of rotatable bonds is 3. The average Bonchev–Trinajstić information content (AvgIpc) is 2.82. The largest absolute Gasteiger partial charge is 0.310 e. The second-order valence-corrected chi connectivity index (χ2v) is 6.37. The van der Waals surface area contributed by atoms with Crippen molar-refractivity contribution in [2.45, 2.75) is 20.3 Å². The topological polar surface area (TPSA) is 88.9 Å². The number of nitro groups is 1. The van der Waals surface area contributed by atoms with Gasteiger partial charge in [-0.05, 0) is 31.0 Å². The maximum atomic E-state index is 12.1. The molecule has 3 rings (SSSR count). The average molecular weight is 315 g/mol. The van der Waals surface area contributed by atoms with Crippen molar-refractivity contribution >= 4 is 27.2 Å². The minimum Gasteiger partial charge on any atom is -0.310 e. The van der Waals surface area contributed by atoms with Crippen LogP contribution < -0.4 is 5.56 Å². The van der Waals surface area contributed by atoms with E-state index >= 15 is 0 Å². The molecule has 112 valence electrons. The molecule has 1 N–H and O–H groups in total. The van der Waals surface area contributed by atoms with E-state index in [1.807, 2.05) is 19.9 Å². The summed E-state index contributed by atoms with van der Waals surface area (Å²) in [6.45, 7) is 3.75. The number of nitrogens with zero attached hydrogens (tertiary/aromatic N) is 2. The second kappa shape index (κ2) is 5.34. The first-order valence-electron chi connectivity index (χ1n) is 6.67. The summed E-state index contributed by atoms with van der Waals surface area (Å²) in [6, 6.07) is 6.53. The molecule has 0 unspecified atom stereocenters. The minimum absolute atomic E-state index is 0.0621. The van der Waals surface area contributed by atoms with E-state index < -0.39 is 4.92 Å². The Morgan fingerprint density at radius 1 is 1.32 bits per heavy atom. The Bertz CT molecular complexity index is 943. The Labute approximate surface area is 129 Å². The zero-order valence-corrected chi connectivity index (χ0v) is 12.9. The van der Waals surface area contributed by atoms with Crippen LogP contribution in [-0.4, -0.2) is 14.9 Å². The van der Waals surface area contributed by atoms with E-state index in [1.54, 1.807) is 6.07 Å². The number of nitrogens with one attached hydrogen (secondary N) is 1. The molecule has 2 aromatic heterocycles. The van der Waals surface area contributed by atoms with E-state index in [-0.39, 0.29) is 11.2 Å². The highest BCUT2D eigenvalue weighted by Gasteiger charge is 2.11. The molecule has 0 radical (unpaired) electrons. The van der Waals surface area contributed by atoms with Crippen LogP contribution in [0, 0.1) is 24.0 Å². The number of thiophene rings is 1. The van der Waals surface area contributed by atoms with Gasteiger partial charge in [-0.15, -0.1) is 11.3 Å². The van der Waals surface area contributed by atoms with Crippen molar-refractivity contribution in [3.8, 4) is 0 Å². The van der Waals surface area contributed by atoms with E-state index in [1.165, 1.54) is 23.5 Å². The summed E-state index contributed by atoms with van der Waals surface area (Å²) < 4.78 is 0. The summed E-state index contributed by atoms with van der Waals surface area (Å²) in [6.07, 6.45) is 0.436. The summed E-state index contributed by atoms with van der Waals surface area (Å²) in [5, 5.41) is 11.4. The first-order valence-corrected chi connectivity index (χ1v) is 7.49. The molecule has 0 amide bonds. The van der Waals surface area contributed by atoms with Gasteiger partial charge in [0.2, 0.25) is 0 Å². The van der Waals surface area contributed by atoms with Crippen LogP contribution in [0.2, 0.25) is 0 Å². The van der Waals surface area contributed by atoms with Crippen LogP contribution in [0.4, 0.5) is 5.69 Å². The number of nitro benzene ring substituents is 1. The molecule has 0 fully saturated rings. The Balaban J connectivity index is 1.99. The molecule has 3 aromatic rings. The van der Waals surface area contributed by atoms with Crippen molar-refractivity contribution in [1.82, 2.24) is 9.97 Å². The molecule has 0 saturated carbocycles. The zero-order chi connectivity index (χ0) is 15.9. The van der Waals surface area contributed by atoms with Crippen molar-refractivity contribution < 1.29 is 4.92 Å². The molecular formula is C15H13N3O3S. The van der Waals surface area contributed by atoms with E-state index in [4.69, 9.17) is 0 Å². The summed E-state index contributed by atoms with van der Waals surface area (Å²) in [5.74, 6) is 0.566. The van der Waals surface area contributed by atoms with Gasteiger partial charge in [0.25, 0.3) is 11.2 Å².